The molecule has 1 fully saturated rings. The number of hydrogen-bond acceptors (Lipinski definition) is 4. The van der Waals surface area contributed by atoms with Crippen LogP contribution in [0.5, 0.6) is 11.5 Å². The molecule has 1 aliphatic carbocycles. The number of hydrogen-bond donors (Lipinski definition) is 2. The number of methoxy groups -OCH3 is 2. The molecule has 1 aliphatic rings. The van der Waals surface area contributed by atoms with Crippen LogP contribution in [-0.4, -0.2) is 14.2 Å². The van der Waals surface area contributed by atoms with Crippen molar-refractivity contribution in [2.75, 3.05) is 14.2 Å². The summed E-state index contributed by atoms with van der Waals surface area (Å²) in [6.07, 6.45) is 6.38. The molecule has 0 spiro atoms. The van der Waals surface area contributed by atoms with Crippen LogP contribution in [0.2, 0.25) is 0 Å². The van der Waals surface area contributed by atoms with E-state index in [1.54, 1.807) is 14.2 Å². The van der Waals surface area contributed by atoms with E-state index < -0.39 is 0 Å². The molecule has 3 N–H and O–H groups in total. The van der Waals surface area contributed by atoms with Gasteiger partial charge in [0.15, 0.2) is 0 Å². The van der Waals surface area contributed by atoms with Crippen LogP contribution in [0.4, 0.5) is 0 Å². The van der Waals surface area contributed by atoms with Gasteiger partial charge < -0.3 is 9.47 Å². The molecule has 0 aliphatic heterocycles. The first-order chi connectivity index (χ1) is 10.2. The highest BCUT2D eigenvalue weighted by Crippen LogP contribution is 2.41. The van der Waals surface area contributed by atoms with Crippen molar-refractivity contribution >= 4 is 0 Å². The van der Waals surface area contributed by atoms with E-state index in [9.17, 15) is 0 Å². The quantitative estimate of drug-likeness (QED) is 0.623. The predicted molar refractivity (Wildman–Crippen MR) is 85.3 cm³/mol. The molecule has 4 heteroatoms. The zero-order valence-corrected chi connectivity index (χ0v) is 13.4. The second kappa shape index (κ2) is 7.66. The summed E-state index contributed by atoms with van der Waals surface area (Å²) in [6, 6.07) is 6.18. The molecule has 1 aromatic rings. The molecule has 4 nitrogen and oxygen atoms in total. The minimum atomic E-state index is 0.152. The van der Waals surface area contributed by atoms with Gasteiger partial charge in [-0.1, -0.05) is 32.6 Å². The highest BCUT2D eigenvalue weighted by atomic mass is 16.5. The minimum Gasteiger partial charge on any atom is -0.497 e. The van der Waals surface area contributed by atoms with Gasteiger partial charge in [-0.15, -0.1) is 0 Å². The third kappa shape index (κ3) is 3.69. The Morgan fingerprint density at radius 3 is 2.29 bits per heavy atom. The maximum atomic E-state index is 5.90. The largest absolute Gasteiger partial charge is 0.497 e. The number of nitrogens with two attached hydrogens (primary N) is 1. The summed E-state index contributed by atoms with van der Waals surface area (Å²) in [4.78, 5) is 0. The Morgan fingerprint density at radius 2 is 1.76 bits per heavy atom. The zero-order valence-electron chi connectivity index (χ0n) is 13.4. The number of benzene rings is 1. The maximum Gasteiger partial charge on any atom is 0.122 e. The van der Waals surface area contributed by atoms with Crippen molar-refractivity contribution < 1.29 is 9.47 Å². The van der Waals surface area contributed by atoms with Crippen molar-refractivity contribution in [3.63, 3.8) is 0 Å². The zero-order chi connectivity index (χ0) is 15.2. The fraction of sp³-hybridized carbons (Fsp3) is 0.647. The summed E-state index contributed by atoms with van der Waals surface area (Å²) in [7, 11) is 3.36. The first kappa shape index (κ1) is 16.1. The molecule has 0 aromatic heterocycles. The van der Waals surface area contributed by atoms with Crippen LogP contribution in [0.1, 0.15) is 50.6 Å². The summed E-state index contributed by atoms with van der Waals surface area (Å²) in [5.74, 6) is 8.84. The Hall–Kier alpha value is -1.26. The first-order valence-electron chi connectivity index (χ1n) is 7.92. The third-order valence-corrected chi connectivity index (χ3v) is 4.83. The Bertz CT molecular complexity index is 428. The molecule has 1 saturated carbocycles. The van der Waals surface area contributed by atoms with Crippen LogP contribution in [0.3, 0.4) is 0 Å². The summed E-state index contributed by atoms with van der Waals surface area (Å²) in [5, 5.41) is 0. The lowest BCUT2D eigenvalue weighted by Crippen LogP contribution is -2.38. The Labute approximate surface area is 128 Å². The number of rotatable bonds is 6. The average molecular weight is 292 g/mol. The molecule has 1 aromatic carbocycles. The van der Waals surface area contributed by atoms with Crippen molar-refractivity contribution in [1.29, 1.82) is 0 Å². The van der Waals surface area contributed by atoms with Gasteiger partial charge in [0.2, 0.25) is 0 Å². The lowest BCUT2D eigenvalue weighted by Gasteiger charge is -2.37. The molecule has 3 unspecified atom stereocenters. The predicted octanol–water partition coefficient (Wildman–Crippen LogP) is 3.42. The maximum absolute atomic E-state index is 5.90. The lowest BCUT2D eigenvalue weighted by molar-refractivity contribution is 0.175. The summed E-state index contributed by atoms with van der Waals surface area (Å²) in [6.45, 7) is 2.28. The number of ether oxygens (including phenoxy) is 2. The Morgan fingerprint density at radius 1 is 1.14 bits per heavy atom. The van der Waals surface area contributed by atoms with Crippen LogP contribution in [-0.2, 0) is 0 Å². The van der Waals surface area contributed by atoms with Gasteiger partial charge in [0.1, 0.15) is 11.5 Å². The van der Waals surface area contributed by atoms with E-state index in [1.165, 1.54) is 32.1 Å². The van der Waals surface area contributed by atoms with Crippen molar-refractivity contribution in [3.8, 4) is 11.5 Å². The topological polar surface area (TPSA) is 56.5 Å². The van der Waals surface area contributed by atoms with Gasteiger partial charge >= 0.3 is 0 Å². The van der Waals surface area contributed by atoms with Crippen LogP contribution in [0.25, 0.3) is 0 Å². The summed E-state index contributed by atoms with van der Waals surface area (Å²) >= 11 is 0. The van der Waals surface area contributed by atoms with Gasteiger partial charge in [0.05, 0.1) is 14.2 Å². The van der Waals surface area contributed by atoms with Gasteiger partial charge in [-0.2, -0.15) is 0 Å². The molecule has 0 bridgehead atoms. The first-order valence-corrected chi connectivity index (χ1v) is 7.92. The molecule has 0 saturated heterocycles. The van der Waals surface area contributed by atoms with Gasteiger partial charge in [-0.25, -0.2) is 0 Å². The average Bonchev–Trinajstić information content (AvgIpc) is 2.55. The monoisotopic (exact) mass is 292 g/mol. The van der Waals surface area contributed by atoms with Gasteiger partial charge in [0, 0.05) is 12.1 Å². The normalized spacial score (nSPS) is 23.6. The van der Waals surface area contributed by atoms with Crippen LogP contribution < -0.4 is 20.7 Å². The van der Waals surface area contributed by atoms with Crippen LogP contribution in [0.15, 0.2) is 18.2 Å². The number of nitrogens with one attached hydrogen (secondary N) is 1. The van der Waals surface area contributed by atoms with Crippen molar-refractivity contribution in [2.24, 2.45) is 17.7 Å². The van der Waals surface area contributed by atoms with Crippen molar-refractivity contribution in [3.05, 3.63) is 23.8 Å². The molecular formula is C17H28N2O2. The molecule has 3 atom stereocenters. The van der Waals surface area contributed by atoms with Gasteiger partial charge in [-0.3, -0.25) is 11.3 Å². The van der Waals surface area contributed by atoms with E-state index >= 15 is 0 Å². The smallest absolute Gasteiger partial charge is 0.122 e. The molecule has 0 heterocycles. The minimum absolute atomic E-state index is 0.152. The molecule has 0 amide bonds. The molecule has 118 valence electrons. The van der Waals surface area contributed by atoms with E-state index in [4.69, 9.17) is 15.3 Å². The summed E-state index contributed by atoms with van der Waals surface area (Å²) < 4.78 is 10.8. The van der Waals surface area contributed by atoms with E-state index in [0.717, 1.165) is 23.0 Å². The third-order valence-electron chi connectivity index (χ3n) is 4.83. The molecule has 2 rings (SSSR count). The van der Waals surface area contributed by atoms with Crippen molar-refractivity contribution in [2.45, 2.75) is 45.1 Å². The second-order valence-corrected chi connectivity index (χ2v) is 5.91. The van der Waals surface area contributed by atoms with E-state index in [2.05, 4.69) is 24.5 Å². The molecule has 0 radical (unpaired) electrons. The molecule has 21 heavy (non-hydrogen) atoms. The standard InChI is InChI=1S/C17H28N2O2/c1-4-12-7-5-6-8-16(12)17(19-18)13-9-14(20-2)11-15(10-13)21-3/h9-12,16-17,19H,4-8,18H2,1-3H3. The summed E-state index contributed by atoms with van der Waals surface area (Å²) in [5.41, 5.74) is 4.20. The van der Waals surface area contributed by atoms with E-state index in [0.29, 0.717) is 5.92 Å². The van der Waals surface area contributed by atoms with E-state index in [1.807, 2.05) is 6.07 Å². The molecular weight excluding hydrogens is 264 g/mol. The van der Waals surface area contributed by atoms with E-state index in [-0.39, 0.29) is 6.04 Å². The number of hydrazine groups is 1. The highest BCUT2D eigenvalue weighted by molar-refractivity contribution is 5.40. The lowest BCUT2D eigenvalue weighted by atomic mass is 9.72. The highest BCUT2D eigenvalue weighted by Gasteiger charge is 2.31. The van der Waals surface area contributed by atoms with Gasteiger partial charge in [0.25, 0.3) is 0 Å². The SMILES string of the molecule is CCC1CCCCC1C(NN)c1cc(OC)cc(OC)c1. The van der Waals surface area contributed by atoms with Crippen molar-refractivity contribution in [1.82, 2.24) is 5.43 Å². The Balaban J connectivity index is 2.31. The van der Waals surface area contributed by atoms with Gasteiger partial charge in [-0.05, 0) is 36.0 Å². The van der Waals surface area contributed by atoms with Crippen LogP contribution in [0, 0.1) is 11.8 Å². The van der Waals surface area contributed by atoms with Crippen LogP contribution >= 0.6 is 0 Å². The fourth-order valence-electron chi connectivity index (χ4n) is 3.66. The second-order valence-electron chi connectivity index (χ2n) is 5.91. The Kier molecular flexibility index (Phi) is 5.88. The fourth-order valence-corrected chi connectivity index (χ4v) is 3.66.